The number of carbonyl (C=O) groups excluding carboxylic acids is 8. The lowest BCUT2D eigenvalue weighted by atomic mass is 9.44. The minimum Gasteiger partial charge on any atom is -0.458 e. The van der Waals surface area contributed by atoms with Crippen molar-refractivity contribution >= 4 is 47.8 Å². The third kappa shape index (κ3) is 7.40. The van der Waals surface area contributed by atoms with Crippen molar-refractivity contribution in [3.8, 4) is 0 Å². The molecule has 17 heterocycles. The molecular formula is C90H106O31. The third-order valence-electron chi connectivity index (χ3n) is 37.8. The van der Waals surface area contributed by atoms with Crippen molar-refractivity contribution in [2.75, 3.05) is 26.4 Å². The predicted octanol–water partition coefficient (Wildman–Crippen LogP) is 4.71. The van der Waals surface area contributed by atoms with E-state index in [-0.39, 0.29) is 176 Å². The largest absolute Gasteiger partial charge is 0.458 e. The van der Waals surface area contributed by atoms with Gasteiger partial charge in [-0.1, -0.05) is 97.4 Å². The fourth-order valence-electron chi connectivity index (χ4n) is 32.5. The Labute approximate surface area is 697 Å². The molecule has 31 nitrogen and oxygen atoms in total. The summed E-state index contributed by atoms with van der Waals surface area (Å²) in [5, 5.41) is 23.6. The molecule has 0 aromatic rings. The molecule has 7 saturated carbocycles. The van der Waals surface area contributed by atoms with Gasteiger partial charge in [-0.3, -0.25) is 19.2 Å². The molecule has 2 N–H and O–H groups in total. The highest BCUT2D eigenvalue weighted by molar-refractivity contribution is 5.96. The van der Waals surface area contributed by atoms with Crippen molar-refractivity contribution in [2.24, 2.45) is 57.2 Å². The topological polar surface area (TPSA) is 414 Å². The minimum atomic E-state index is -1.75. The molecule has 0 aromatic heterocycles. The lowest BCUT2D eigenvalue weighted by Gasteiger charge is -2.59. The van der Waals surface area contributed by atoms with Gasteiger partial charge in [-0.25, -0.2) is 19.2 Å². The summed E-state index contributed by atoms with van der Waals surface area (Å²) in [5.74, 6) is -1.62. The van der Waals surface area contributed by atoms with E-state index in [1.54, 1.807) is 0 Å². The zero-order chi connectivity index (χ0) is 83.7. The SMILES string of the molecule is C.CC(=O)O[C@@H]1[C@@]2(C(C)C)O[C@H]2[C@@H]2O[C@]23[C@]12O[C@H]2C(C)[C@H]1C2=C(CC[C@@]13C)C(=O)OC2.CC(=O)O[C@@H]1[C@@]2(C(C)C)O[C@H]2[C@@H]2O[C@]23[C@]12O[C@H]2C=C1C2=C(CC[C@@]13C)C(=O)OC2.CC(=O)O[C@@H]1[C@@]2(C(C)C)O[C@H]2[C@@H]2O[C@]23[C@]12O[C@H]2[C@@H]1O[C@@]12C1=C(CC[C@]32C)C(=O)OC1.CC(=O)O[C@@H]1[C@@]2(C(C)C)O[C@H]2[C@@H]2O[C@]23[C@]12O[C@H]2[C@H](O)[C@@]1(O)C2=C(CC[C@]31C)C(=O)OC2. The van der Waals surface area contributed by atoms with Crippen LogP contribution in [0.3, 0.4) is 0 Å². The molecule has 121 heavy (non-hydrogen) atoms. The highest BCUT2D eigenvalue weighted by Gasteiger charge is 3.10. The van der Waals surface area contributed by atoms with Gasteiger partial charge in [0, 0.05) is 88.4 Å². The lowest BCUT2D eigenvalue weighted by Crippen LogP contribution is -2.78. The van der Waals surface area contributed by atoms with Crippen LogP contribution >= 0.6 is 0 Å². The van der Waals surface area contributed by atoms with Gasteiger partial charge in [0.25, 0.3) is 0 Å². The average molecular weight is 1680 g/mol. The Bertz CT molecular complexity index is 5160. The van der Waals surface area contributed by atoms with Gasteiger partial charge >= 0.3 is 47.8 Å². The molecule has 652 valence electrons. The highest BCUT2D eigenvalue weighted by atomic mass is 16.8. The summed E-state index contributed by atoms with van der Waals surface area (Å²) < 4.78 is 129. The second kappa shape index (κ2) is 21.6. The van der Waals surface area contributed by atoms with Crippen LogP contribution in [0.15, 0.2) is 56.2 Å². The van der Waals surface area contributed by atoms with E-state index in [9.17, 15) is 48.6 Å². The molecule has 31 heteroatoms. The zero-order valence-electron chi connectivity index (χ0n) is 70.2. The van der Waals surface area contributed by atoms with E-state index in [2.05, 4.69) is 75.3 Å². The van der Waals surface area contributed by atoms with Crippen molar-refractivity contribution in [2.45, 2.75) is 365 Å². The number of fused-ring (bicyclic) bond motifs is 15. The minimum absolute atomic E-state index is 0. The van der Waals surface area contributed by atoms with E-state index in [0.29, 0.717) is 56.5 Å². The highest BCUT2D eigenvalue weighted by Crippen LogP contribution is 2.91. The first-order valence-corrected chi connectivity index (χ1v) is 43.9. The standard InChI is InChI=1S/C23H28O7.C22H26O9.C22H24O8.C22H24O7.CH4/c1-9(2)21-16(28-21)17-23(30-17)20(5)7-6-12-13(8-26-18(12)25)14(20)10(3)15-22(23,29-15)19(21)27-11(4)24;1-8(2)19-14(29-19)15-22(31-15)18(4)6-5-10-11(7-27-16(10)25)20(18,26)12(24)13-21(22,30-13)17(19)28-9(3)23;1-8(2)19-12(27-19)15-22(30-15)18(4)6-5-10-11(7-25-16(10)24)20(18)13(28-20)14-21(22,29-14)17(19)26-9(3)23;1-9(2)20-15(28-20)16-22(29-16)19(4)6-5-11-12(8-25-17(11)24)13(19)7-14-21(22,27-14)18(20)26-10(3)23;/h9-10,14-17,19H,6-8H2,1-5H3;8,12-15,17,24,26H,5-7H2,1-4H3;8,12-15,17H,5-7H2,1-4H3;7,9,14-16,18H,5-6,8H2,1-4H3;1H4/t10?,14-,15-,16-,17-,19+,20-,21-,22+,23+;2*12-,13-,14-,15-,17+,18-,19-,20-,21+,22+;14-,15-,16-,18+,19-,20-,21+,22+;/m0000./s1. The summed E-state index contributed by atoms with van der Waals surface area (Å²) in [7, 11) is 0. The van der Waals surface area contributed by atoms with Gasteiger partial charge in [-0.2, -0.15) is 0 Å². The average Bonchev–Trinajstić information content (AvgIpc) is 1.39. The second-order valence-electron chi connectivity index (χ2n) is 42.6. The van der Waals surface area contributed by atoms with Gasteiger partial charge < -0.3 is 110 Å². The van der Waals surface area contributed by atoms with E-state index in [4.69, 9.17) is 99.5 Å². The second-order valence-corrected chi connectivity index (χ2v) is 42.6. The number of ether oxygens (including phenoxy) is 21. The summed E-state index contributed by atoms with van der Waals surface area (Å²) in [6.07, 6.45) is 0.901. The number of carbonyl (C=O) groups is 8. The summed E-state index contributed by atoms with van der Waals surface area (Å²) >= 11 is 0. The van der Waals surface area contributed by atoms with Crippen LogP contribution in [0.1, 0.15) is 176 Å². The summed E-state index contributed by atoms with van der Waals surface area (Å²) in [6, 6.07) is 0. The first kappa shape index (κ1) is 77.2. The lowest BCUT2D eigenvalue weighted by molar-refractivity contribution is -0.211. The number of aliphatic hydroxyl groups is 2. The van der Waals surface area contributed by atoms with Crippen LogP contribution in [-0.4, -0.2) is 273 Å². The van der Waals surface area contributed by atoms with E-state index >= 15 is 0 Å². The van der Waals surface area contributed by atoms with Gasteiger partial charge in [0.15, 0.2) is 46.8 Å². The van der Waals surface area contributed by atoms with Crippen LogP contribution in [0.2, 0.25) is 0 Å². The summed E-state index contributed by atoms with van der Waals surface area (Å²) in [5.41, 5.74) is -5.32. The molecule has 29 aliphatic rings. The molecule has 0 bridgehead atoms. The Hall–Kier alpha value is -6.14. The van der Waals surface area contributed by atoms with Crippen LogP contribution in [0.4, 0.5) is 0 Å². The molecule has 0 aromatic carbocycles. The molecular weight excluding hydrogens is 1580 g/mol. The number of cyclic esters (lactones) is 4. The smallest absolute Gasteiger partial charge is 0.334 e. The molecule has 1 unspecified atom stereocenters. The van der Waals surface area contributed by atoms with E-state index in [1.165, 1.54) is 27.7 Å². The predicted molar refractivity (Wildman–Crippen MR) is 400 cm³/mol. The Morgan fingerprint density at radius 2 is 0.810 bits per heavy atom. The fourth-order valence-corrected chi connectivity index (χ4v) is 32.5. The maximum atomic E-state index is 12.3. The zero-order valence-corrected chi connectivity index (χ0v) is 70.2. The van der Waals surface area contributed by atoms with Crippen LogP contribution < -0.4 is 0 Å². The Kier molecular flexibility index (Phi) is 13.8. The Morgan fingerprint density at radius 1 is 0.405 bits per heavy atom. The maximum absolute atomic E-state index is 12.3. The number of esters is 8. The first-order valence-electron chi connectivity index (χ1n) is 43.9. The monoisotopic (exact) mass is 1680 g/mol. The summed E-state index contributed by atoms with van der Waals surface area (Å²) in [4.78, 5) is 97.5. The number of aliphatic hydroxyl groups excluding tert-OH is 1. The molecule has 0 radical (unpaired) electrons. The van der Waals surface area contributed by atoms with Gasteiger partial charge in [0.1, 0.15) is 162 Å². The van der Waals surface area contributed by atoms with Gasteiger partial charge in [0.05, 0.1) is 6.10 Å². The van der Waals surface area contributed by atoms with Crippen LogP contribution in [0.25, 0.3) is 0 Å². The van der Waals surface area contributed by atoms with Crippen molar-refractivity contribution in [1.82, 2.24) is 0 Å². The molecule has 20 fully saturated rings. The Morgan fingerprint density at radius 3 is 1.36 bits per heavy atom. The van der Waals surface area contributed by atoms with Gasteiger partial charge in [-0.15, -0.1) is 0 Å². The van der Waals surface area contributed by atoms with Gasteiger partial charge in [-0.05, 0) is 104 Å². The van der Waals surface area contributed by atoms with Crippen molar-refractivity contribution < 1.29 is 148 Å². The van der Waals surface area contributed by atoms with Crippen LogP contribution in [0.5, 0.6) is 0 Å². The molecule has 38 atom stereocenters. The van der Waals surface area contributed by atoms with Crippen molar-refractivity contribution in [3.63, 3.8) is 0 Å². The van der Waals surface area contributed by atoms with Crippen molar-refractivity contribution in [1.29, 1.82) is 0 Å². The van der Waals surface area contributed by atoms with E-state index in [1.807, 2.05) is 20.8 Å². The number of hydrogen-bond acceptors (Lipinski definition) is 31. The first-order chi connectivity index (χ1) is 56.7. The molecule has 13 saturated heterocycles. The van der Waals surface area contributed by atoms with Crippen LogP contribution in [-0.2, 0) is 138 Å². The quantitative estimate of drug-likeness (QED) is 0.189. The van der Waals surface area contributed by atoms with E-state index in [0.717, 1.165) is 58.3 Å². The van der Waals surface area contributed by atoms with Gasteiger partial charge in [0.2, 0.25) is 0 Å². The normalized spacial score (nSPS) is 58.3. The Balaban J connectivity index is 0.0000000889. The van der Waals surface area contributed by atoms with Crippen molar-refractivity contribution in [3.05, 3.63) is 56.2 Å². The molecule has 0 amide bonds. The fraction of sp³-hybridized carbons (Fsp3) is 0.800. The third-order valence-corrected chi connectivity index (χ3v) is 37.8. The number of hydrogen-bond donors (Lipinski definition) is 2. The molecule has 12 aliphatic carbocycles. The molecule has 29 rings (SSSR count). The number of epoxide rings is 13. The summed E-state index contributed by atoms with van der Waals surface area (Å²) in [6.45, 7) is 34.1. The van der Waals surface area contributed by atoms with Crippen LogP contribution in [0, 0.1) is 57.2 Å². The van der Waals surface area contributed by atoms with E-state index < -0.39 is 138 Å². The molecule has 17 aliphatic heterocycles. The number of rotatable bonds is 8. The molecule has 9 spiro atoms. The maximum Gasteiger partial charge on any atom is 0.334 e.